The minimum absolute atomic E-state index is 0.691. The summed E-state index contributed by atoms with van der Waals surface area (Å²) in [5.41, 5.74) is 1.94. The van der Waals surface area contributed by atoms with Gasteiger partial charge in [0.05, 0.1) is 5.71 Å². The van der Waals surface area contributed by atoms with Gasteiger partial charge in [-0.2, -0.15) is 0 Å². The summed E-state index contributed by atoms with van der Waals surface area (Å²) in [7, 11) is 1.53. The molecule has 0 unspecified atom stereocenters. The summed E-state index contributed by atoms with van der Waals surface area (Å²) in [6.45, 7) is 5.55. The van der Waals surface area contributed by atoms with Crippen LogP contribution in [-0.4, -0.2) is 18.2 Å². The van der Waals surface area contributed by atoms with Crippen LogP contribution in [0, 0.1) is 0 Å². The number of hydrogen-bond acceptors (Lipinski definition) is 2. The van der Waals surface area contributed by atoms with Crippen LogP contribution >= 0.6 is 15.9 Å². The quantitative estimate of drug-likeness (QED) is 0.307. The maximum Gasteiger partial charge on any atom is 0.106 e. The first-order valence-corrected chi connectivity index (χ1v) is 4.34. The van der Waals surface area contributed by atoms with Crippen molar-refractivity contribution in [3.8, 4) is 0 Å². The van der Waals surface area contributed by atoms with Gasteiger partial charge in [-0.25, -0.2) is 0 Å². The minimum atomic E-state index is 0.691. The summed E-state index contributed by atoms with van der Waals surface area (Å²) >= 11 is 3.30. The molecule has 62 valence electrons. The first-order chi connectivity index (χ1) is 5.26. The van der Waals surface area contributed by atoms with Crippen molar-refractivity contribution in [2.75, 3.05) is 12.4 Å². The molecule has 0 saturated heterocycles. The number of allylic oxidation sites excluding steroid dienone is 3. The van der Waals surface area contributed by atoms with E-state index in [1.165, 1.54) is 7.11 Å². The molecule has 0 spiro atoms. The van der Waals surface area contributed by atoms with Crippen LogP contribution in [-0.2, 0) is 4.84 Å². The van der Waals surface area contributed by atoms with Gasteiger partial charge in [-0.15, -0.1) is 0 Å². The topological polar surface area (TPSA) is 21.6 Å². The van der Waals surface area contributed by atoms with E-state index in [1.807, 2.05) is 13.0 Å². The molecule has 0 aromatic carbocycles. The Kier molecular flexibility index (Phi) is 5.84. The Balaban J connectivity index is 4.37. The van der Waals surface area contributed by atoms with Gasteiger partial charge in [0.1, 0.15) is 7.11 Å². The molecule has 0 fully saturated rings. The molecule has 0 rings (SSSR count). The normalized spacial score (nSPS) is 13.0. The van der Waals surface area contributed by atoms with Crippen molar-refractivity contribution in [2.45, 2.75) is 6.92 Å². The third-order valence-corrected chi connectivity index (χ3v) is 1.68. The van der Waals surface area contributed by atoms with Crippen molar-refractivity contribution in [3.05, 3.63) is 24.3 Å². The lowest BCUT2D eigenvalue weighted by Crippen LogP contribution is -2.01. The van der Waals surface area contributed by atoms with E-state index in [0.29, 0.717) is 5.33 Å². The number of nitrogens with zero attached hydrogens (tertiary/aromatic N) is 1. The highest BCUT2D eigenvalue weighted by molar-refractivity contribution is 9.09. The summed E-state index contributed by atoms with van der Waals surface area (Å²) in [6.07, 6.45) is 3.61. The molecule has 0 aromatic heterocycles. The van der Waals surface area contributed by atoms with Crippen molar-refractivity contribution < 1.29 is 4.84 Å². The Morgan fingerprint density at radius 1 is 1.73 bits per heavy atom. The van der Waals surface area contributed by atoms with E-state index in [-0.39, 0.29) is 0 Å². The zero-order valence-corrected chi connectivity index (χ0v) is 8.39. The fourth-order valence-electron chi connectivity index (χ4n) is 0.585. The molecule has 0 radical (unpaired) electrons. The highest BCUT2D eigenvalue weighted by atomic mass is 79.9. The van der Waals surface area contributed by atoms with Crippen LogP contribution in [0.5, 0.6) is 0 Å². The highest BCUT2D eigenvalue weighted by Gasteiger charge is 1.98. The maximum atomic E-state index is 4.65. The van der Waals surface area contributed by atoms with Crippen molar-refractivity contribution >= 4 is 21.6 Å². The summed E-state index contributed by atoms with van der Waals surface area (Å²) in [5, 5.41) is 4.51. The smallest absolute Gasteiger partial charge is 0.106 e. The van der Waals surface area contributed by atoms with E-state index in [2.05, 4.69) is 32.5 Å². The van der Waals surface area contributed by atoms with E-state index in [4.69, 9.17) is 0 Å². The molecule has 3 heteroatoms. The van der Waals surface area contributed by atoms with Crippen molar-refractivity contribution in [1.29, 1.82) is 0 Å². The molecule has 0 saturated carbocycles. The Morgan fingerprint density at radius 2 is 2.36 bits per heavy atom. The molecule has 0 aliphatic carbocycles. The monoisotopic (exact) mass is 217 g/mol. The van der Waals surface area contributed by atoms with Crippen LogP contribution in [0.3, 0.4) is 0 Å². The molecule has 0 N–H and O–H groups in total. The van der Waals surface area contributed by atoms with Gasteiger partial charge in [-0.3, -0.25) is 0 Å². The van der Waals surface area contributed by atoms with Gasteiger partial charge in [0, 0.05) is 5.33 Å². The Hall–Kier alpha value is -0.570. The highest BCUT2D eigenvalue weighted by Crippen LogP contribution is 2.01. The maximum absolute atomic E-state index is 4.65. The molecule has 0 aliphatic heterocycles. The predicted molar refractivity (Wildman–Crippen MR) is 52.2 cm³/mol. The zero-order valence-electron chi connectivity index (χ0n) is 6.80. The fraction of sp³-hybridized carbons (Fsp3) is 0.375. The van der Waals surface area contributed by atoms with Crippen molar-refractivity contribution in [2.24, 2.45) is 5.16 Å². The second-order valence-electron chi connectivity index (χ2n) is 1.94. The van der Waals surface area contributed by atoms with E-state index < -0.39 is 0 Å². The van der Waals surface area contributed by atoms with Crippen LogP contribution in [0.4, 0.5) is 0 Å². The molecule has 0 aliphatic rings. The average Bonchev–Trinajstić information content (AvgIpc) is 2.00. The van der Waals surface area contributed by atoms with Crippen molar-refractivity contribution in [3.63, 3.8) is 0 Å². The zero-order chi connectivity index (χ0) is 8.69. The van der Waals surface area contributed by atoms with E-state index in [1.54, 1.807) is 6.08 Å². The van der Waals surface area contributed by atoms with Gasteiger partial charge in [-0.05, 0) is 12.5 Å². The number of rotatable bonds is 4. The summed E-state index contributed by atoms with van der Waals surface area (Å²) in [6, 6.07) is 0. The first kappa shape index (κ1) is 10.4. The van der Waals surface area contributed by atoms with Crippen molar-refractivity contribution in [1.82, 2.24) is 0 Å². The molecule has 0 aromatic rings. The van der Waals surface area contributed by atoms with Crippen LogP contribution in [0.1, 0.15) is 6.92 Å². The largest absolute Gasteiger partial charge is 0.399 e. The molecule has 0 heterocycles. The molecule has 0 atom stereocenters. The SMILES string of the molecule is C=CC=C(C)C(CBr)=NOC. The third-order valence-electron chi connectivity index (χ3n) is 1.15. The molecule has 0 amide bonds. The average molecular weight is 218 g/mol. The van der Waals surface area contributed by atoms with Gasteiger partial charge < -0.3 is 4.84 Å². The second kappa shape index (κ2) is 6.16. The standard InChI is InChI=1S/C8H12BrNO/c1-4-5-7(2)8(6-9)10-11-3/h4-5H,1,6H2,2-3H3. The Morgan fingerprint density at radius 3 is 2.73 bits per heavy atom. The van der Waals surface area contributed by atoms with Gasteiger partial charge in [0.2, 0.25) is 0 Å². The first-order valence-electron chi connectivity index (χ1n) is 3.22. The lowest BCUT2D eigenvalue weighted by atomic mass is 10.2. The summed E-state index contributed by atoms with van der Waals surface area (Å²) in [4.78, 5) is 4.65. The second-order valence-corrected chi connectivity index (χ2v) is 2.50. The van der Waals surface area contributed by atoms with Crippen LogP contribution in [0.25, 0.3) is 0 Å². The fourth-order valence-corrected chi connectivity index (χ4v) is 1.13. The molecule has 2 nitrogen and oxygen atoms in total. The number of alkyl halides is 1. The van der Waals surface area contributed by atoms with Crippen LogP contribution < -0.4 is 0 Å². The third kappa shape index (κ3) is 3.98. The van der Waals surface area contributed by atoms with Crippen LogP contribution in [0.15, 0.2) is 29.5 Å². The Bertz CT molecular complexity index is 185. The van der Waals surface area contributed by atoms with Crippen LogP contribution in [0.2, 0.25) is 0 Å². The lowest BCUT2D eigenvalue weighted by molar-refractivity contribution is 0.213. The number of halogens is 1. The van der Waals surface area contributed by atoms with E-state index >= 15 is 0 Å². The van der Waals surface area contributed by atoms with Gasteiger partial charge in [0.25, 0.3) is 0 Å². The van der Waals surface area contributed by atoms with E-state index in [0.717, 1.165) is 11.3 Å². The Labute approximate surface area is 75.7 Å². The minimum Gasteiger partial charge on any atom is -0.399 e. The molecule has 0 bridgehead atoms. The lowest BCUT2D eigenvalue weighted by Gasteiger charge is -1.99. The van der Waals surface area contributed by atoms with Gasteiger partial charge >= 0.3 is 0 Å². The summed E-state index contributed by atoms with van der Waals surface area (Å²) in [5.74, 6) is 0. The molecule has 11 heavy (non-hydrogen) atoms. The van der Waals surface area contributed by atoms with Gasteiger partial charge in [-0.1, -0.05) is 39.8 Å². The molecular weight excluding hydrogens is 206 g/mol. The predicted octanol–water partition coefficient (Wildman–Crippen LogP) is 2.52. The number of oxime groups is 1. The van der Waals surface area contributed by atoms with E-state index in [9.17, 15) is 0 Å². The summed E-state index contributed by atoms with van der Waals surface area (Å²) < 4.78 is 0. The number of hydrogen-bond donors (Lipinski definition) is 0. The molecular formula is C8H12BrNO. The van der Waals surface area contributed by atoms with Gasteiger partial charge in [0.15, 0.2) is 0 Å².